The fourth-order valence-corrected chi connectivity index (χ4v) is 2.46. The predicted octanol–water partition coefficient (Wildman–Crippen LogP) is 2.74. The van der Waals surface area contributed by atoms with Gasteiger partial charge in [-0.3, -0.25) is 10.1 Å². The summed E-state index contributed by atoms with van der Waals surface area (Å²) in [5.74, 6) is -1.23. The maximum atomic E-state index is 11.1. The number of carboxylic acids is 1. The number of rotatable bonds is 4. The SMILES string of the molecule is CCc1c(C(=O)O)nnn1-c1c(Cl)cc([N+](=O)[O-])cc1Cl. The first kappa shape index (κ1) is 15.2. The maximum absolute atomic E-state index is 11.1. The maximum Gasteiger partial charge on any atom is 0.358 e. The number of benzene rings is 1. The Morgan fingerprint density at radius 2 is 2.00 bits per heavy atom. The molecule has 10 heteroatoms. The second kappa shape index (κ2) is 5.66. The molecule has 0 atom stereocenters. The van der Waals surface area contributed by atoms with Gasteiger partial charge >= 0.3 is 5.97 Å². The molecule has 0 saturated carbocycles. The number of nitrogens with zero attached hydrogens (tertiary/aromatic N) is 4. The highest BCUT2D eigenvalue weighted by Gasteiger charge is 2.23. The molecule has 0 amide bonds. The van der Waals surface area contributed by atoms with E-state index in [4.69, 9.17) is 28.3 Å². The van der Waals surface area contributed by atoms with Crippen LogP contribution < -0.4 is 0 Å². The summed E-state index contributed by atoms with van der Waals surface area (Å²) in [6.45, 7) is 1.72. The van der Waals surface area contributed by atoms with Crippen LogP contribution in [0.5, 0.6) is 0 Å². The van der Waals surface area contributed by atoms with E-state index in [1.807, 2.05) is 0 Å². The van der Waals surface area contributed by atoms with Gasteiger partial charge in [0.25, 0.3) is 5.69 Å². The van der Waals surface area contributed by atoms with Gasteiger partial charge in [0.1, 0.15) is 5.69 Å². The van der Waals surface area contributed by atoms with Gasteiger partial charge in [0, 0.05) is 12.1 Å². The predicted molar refractivity (Wildman–Crippen MR) is 74.4 cm³/mol. The van der Waals surface area contributed by atoms with Crippen LogP contribution in [0.3, 0.4) is 0 Å². The third-order valence-electron chi connectivity index (χ3n) is 2.72. The van der Waals surface area contributed by atoms with Crippen molar-refractivity contribution in [2.75, 3.05) is 0 Å². The molecule has 1 aromatic carbocycles. The third-order valence-corrected chi connectivity index (χ3v) is 3.30. The fourth-order valence-electron chi connectivity index (χ4n) is 1.82. The van der Waals surface area contributed by atoms with E-state index >= 15 is 0 Å². The molecule has 0 spiro atoms. The number of hydrogen-bond acceptors (Lipinski definition) is 5. The summed E-state index contributed by atoms with van der Waals surface area (Å²) >= 11 is 12.0. The van der Waals surface area contributed by atoms with E-state index in [0.29, 0.717) is 12.1 Å². The third kappa shape index (κ3) is 2.67. The van der Waals surface area contributed by atoms with E-state index in [1.165, 1.54) is 4.68 Å². The molecule has 8 nitrogen and oxygen atoms in total. The normalized spacial score (nSPS) is 10.6. The molecule has 21 heavy (non-hydrogen) atoms. The summed E-state index contributed by atoms with van der Waals surface area (Å²) in [5.41, 5.74) is -0.0469. The molecule has 0 aliphatic heterocycles. The highest BCUT2D eigenvalue weighted by molar-refractivity contribution is 6.38. The van der Waals surface area contributed by atoms with Gasteiger partial charge in [-0.2, -0.15) is 0 Å². The molecular weight excluding hydrogens is 323 g/mol. The number of carbonyl (C=O) groups is 1. The fraction of sp³-hybridized carbons (Fsp3) is 0.182. The molecule has 0 bridgehead atoms. The Hall–Kier alpha value is -2.19. The highest BCUT2D eigenvalue weighted by atomic mass is 35.5. The minimum Gasteiger partial charge on any atom is -0.476 e. The van der Waals surface area contributed by atoms with Gasteiger partial charge in [0.2, 0.25) is 0 Å². The summed E-state index contributed by atoms with van der Waals surface area (Å²) < 4.78 is 1.18. The number of non-ortho nitro benzene ring substituents is 1. The average molecular weight is 331 g/mol. The lowest BCUT2D eigenvalue weighted by Gasteiger charge is -2.09. The smallest absolute Gasteiger partial charge is 0.358 e. The van der Waals surface area contributed by atoms with Crippen molar-refractivity contribution >= 4 is 34.9 Å². The van der Waals surface area contributed by atoms with Gasteiger partial charge in [-0.25, -0.2) is 9.48 Å². The van der Waals surface area contributed by atoms with E-state index in [-0.39, 0.29) is 27.1 Å². The molecule has 1 heterocycles. The standard InChI is InChI=1S/C11H8Cl2N4O4/c1-2-8-9(11(18)19)14-15-16(8)10-6(12)3-5(17(20)21)4-7(10)13/h3-4H,2H2,1H3,(H,18,19). The number of nitro groups is 1. The molecule has 0 aliphatic carbocycles. The van der Waals surface area contributed by atoms with Crippen LogP contribution in [-0.2, 0) is 6.42 Å². The Morgan fingerprint density at radius 3 is 2.43 bits per heavy atom. The Morgan fingerprint density at radius 1 is 1.43 bits per heavy atom. The van der Waals surface area contributed by atoms with E-state index in [9.17, 15) is 14.9 Å². The number of aromatic nitrogens is 3. The number of halogens is 2. The summed E-state index contributed by atoms with van der Waals surface area (Å²) in [5, 5.41) is 27.0. The first-order valence-electron chi connectivity index (χ1n) is 5.68. The van der Waals surface area contributed by atoms with Crippen molar-refractivity contribution < 1.29 is 14.8 Å². The Kier molecular flexibility index (Phi) is 4.10. The molecule has 2 aromatic rings. The summed E-state index contributed by atoms with van der Waals surface area (Å²) in [6.07, 6.45) is 0.318. The van der Waals surface area contributed by atoms with Crippen molar-refractivity contribution in [2.45, 2.75) is 13.3 Å². The molecule has 0 fully saturated rings. The average Bonchev–Trinajstić information content (AvgIpc) is 2.81. The van der Waals surface area contributed by atoms with Crippen molar-refractivity contribution in [3.63, 3.8) is 0 Å². The lowest BCUT2D eigenvalue weighted by atomic mass is 10.2. The van der Waals surface area contributed by atoms with Crippen LogP contribution in [-0.4, -0.2) is 31.0 Å². The minimum atomic E-state index is -1.23. The Bertz CT molecular complexity index is 721. The van der Waals surface area contributed by atoms with Crippen LogP contribution >= 0.6 is 23.2 Å². The lowest BCUT2D eigenvalue weighted by molar-refractivity contribution is -0.384. The number of aromatic carboxylic acids is 1. The molecular formula is C11H8Cl2N4O4. The molecule has 110 valence electrons. The van der Waals surface area contributed by atoms with E-state index in [2.05, 4.69) is 10.3 Å². The summed E-state index contributed by atoms with van der Waals surface area (Å²) in [6, 6.07) is 2.23. The quantitative estimate of drug-likeness (QED) is 0.681. The lowest BCUT2D eigenvalue weighted by Crippen LogP contribution is -2.07. The molecule has 1 N–H and O–H groups in total. The zero-order valence-corrected chi connectivity index (χ0v) is 12.1. The molecule has 0 aliphatic rings. The van der Waals surface area contributed by atoms with E-state index in [0.717, 1.165) is 12.1 Å². The summed E-state index contributed by atoms with van der Waals surface area (Å²) in [7, 11) is 0. The molecule has 0 unspecified atom stereocenters. The van der Waals surface area contributed by atoms with Crippen molar-refractivity contribution in [3.05, 3.63) is 43.7 Å². The first-order valence-corrected chi connectivity index (χ1v) is 6.44. The monoisotopic (exact) mass is 330 g/mol. The van der Waals surface area contributed by atoms with Crippen LogP contribution in [0.15, 0.2) is 12.1 Å². The molecule has 2 rings (SSSR count). The largest absolute Gasteiger partial charge is 0.476 e. The van der Waals surface area contributed by atoms with Gasteiger partial charge in [0.15, 0.2) is 5.69 Å². The van der Waals surface area contributed by atoms with E-state index in [1.54, 1.807) is 6.92 Å². The number of carboxylic acid groups (broad SMARTS) is 1. The van der Waals surface area contributed by atoms with E-state index < -0.39 is 10.9 Å². The zero-order valence-electron chi connectivity index (χ0n) is 10.6. The van der Waals surface area contributed by atoms with Crippen LogP contribution in [0.4, 0.5) is 5.69 Å². The van der Waals surface area contributed by atoms with Gasteiger partial charge in [0.05, 0.1) is 20.7 Å². The second-order valence-corrected chi connectivity index (χ2v) is 4.78. The molecule has 0 radical (unpaired) electrons. The van der Waals surface area contributed by atoms with Crippen LogP contribution in [0.25, 0.3) is 5.69 Å². The second-order valence-electron chi connectivity index (χ2n) is 3.97. The Labute approximate surface area is 128 Å². The van der Waals surface area contributed by atoms with Gasteiger partial charge in [-0.1, -0.05) is 35.3 Å². The summed E-state index contributed by atoms with van der Waals surface area (Å²) in [4.78, 5) is 21.2. The molecule has 0 saturated heterocycles. The van der Waals surface area contributed by atoms with Gasteiger partial charge < -0.3 is 5.11 Å². The Balaban J connectivity index is 2.68. The van der Waals surface area contributed by atoms with Crippen LogP contribution in [0.1, 0.15) is 23.1 Å². The first-order chi connectivity index (χ1) is 9.86. The van der Waals surface area contributed by atoms with Crippen molar-refractivity contribution in [2.24, 2.45) is 0 Å². The van der Waals surface area contributed by atoms with Gasteiger partial charge in [-0.05, 0) is 6.42 Å². The van der Waals surface area contributed by atoms with Crippen molar-refractivity contribution in [1.82, 2.24) is 15.0 Å². The van der Waals surface area contributed by atoms with Crippen LogP contribution in [0.2, 0.25) is 10.0 Å². The van der Waals surface area contributed by atoms with Crippen molar-refractivity contribution in [1.29, 1.82) is 0 Å². The topological polar surface area (TPSA) is 111 Å². The highest BCUT2D eigenvalue weighted by Crippen LogP contribution is 2.33. The number of hydrogen-bond donors (Lipinski definition) is 1. The zero-order chi connectivity index (χ0) is 15.7. The van der Waals surface area contributed by atoms with Crippen LogP contribution in [0, 0.1) is 10.1 Å². The van der Waals surface area contributed by atoms with Crippen molar-refractivity contribution in [3.8, 4) is 5.69 Å². The number of nitro benzene ring substituents is 1. The van der Waals surface area contributed by atoms with Gasteiger partial charge in [-0.15, -0.1) is 5.10 Å². The minimum absolute atomic E-state index is 0.0225. The molecule has 1 aromatic heterocycles.